The van der Waals surface area contributed by atoms with Gasteiger partial charge in [-0.2, -0.15) is 0 Å². The highest BCUT2D eigenvalue weighted by atomic mass is 16.5. The van der Waals surface area contributed by atoms with Crippen LogP contribution in [0.5, 0.6) is 5.75 Å². The lowest BCUT2D eigenvalue weighted by molar-refractivity contribution is 0.0751. The van der Waals surface area contributed by atoms with Crippen LogP contribution in [0.4, 0.5) is 0 Å². The summed E-state index contributed by atoms with van der Waals surface area (Å²) in [6.45, 7) is 4.25. The first-order chi connectivity index (χ1) is 13.2. The molecular weight excluding hydrogens is 338 g/mol. The number of hydrogen-bond donors (Lipinski definition) is 1. The molecule has 1 aromatic carbocycles. The number of aryl methyl sites for hydroxylation is 1. The van der Waals surface area contributed by atoms with Gasteiger partial charge in [0.05, 0.1) is 12.7 Å². The Labute approximate surface area is 161 Å². The molecule has 0 saturated heterocycles. The van der Waals surface area contributed by atoms with Crippen LogP contribution < -0.4 is 10.1 Å². The van der Waals surface area contributed by atoms with E-state index in [4.69, 9.17) is 4.74 Å². The van der Waals surface area contributed by atoms with Gasteiger partial charge in [0, 0.05) is 38.1 Å². The number of carbonyl (C=O) groups is 1. The van der Waals surface area contributed by atoms with Crippen LogP contribution in [0.2, 0.25) is 0 Å². The molecule has 1 unspecified atom stereocenters. The molecule has 1 aromatic heterocycles. The van der Waals surface area contributed by atoms with E-state index in [1.807, 2.05) is 4.90 Å². The largest absolute Gasteiger partial charge is 0.496 e. The van der Waals surface area contributed by atoms with Crippen LogP contribution in [0.3, 0.4) is 0 Å². The van der Waals surface area contributed by atoms with Gasteiger partial charge in [-0.15, -0.1) is 0 Å². The van der Waals surface area contributed by atoms with Crippen molar-refractivity contribution in [3.8, 4) is 5.75 Å². The first kappa shape index (κ1) is 19.4. The summed E-state index contributed by atoms with van der Waals surface area (Å²) in [5.41, 5.74) is 3.38. The zero-order valence-corrected chi connectivity index (χ0v) is 16.3. The number of fused-ring (bicyclic) bond motifs is 1. The van der Waals surface area contributed by atoms with E-state index in [1.54, 1.807) is 25.6 Å². The fourth-order valence-corrected chi connectivity index (χ4v) is 3.82. The molecule has 0 radical (unpaired) electrons. The molecule has 0 aliphatic heterocycles. The van der Waals surface area contributed by atoms with E-state index < -0.39 is 0 Å². The number of methoxy groups -OCH3 is 1. The Morgan fingerprint density at radius 2 is 2.15 bits per heavy atom. The zero-order valence-electron chi connectivity index (χ0n) is 16.3. The van der Waals surface area contributed by atoms with E-state index in [0.717, 1.165) is 32.4 Å². The smallest absolute Gasteiger partial charge is 0.259 e. The number of carbonyl (C=O) groups excluding carboxylic acids is 1. The van der Waals surface area contributed by atoms with E-state index >= 15 is 0 Å². The van der Waals surface area contributed by atoms with Gasteiger partial charge >= 0.3 is 0 Å². The second kappa shape index (κ2) is 9.51. The minimum absolute atomic E-state index is 0.0207. The van der Waals surface area contributed by atoms with Gasteiger partial charge in [-0.25, -0.2) is 0 Å². The van der Waals surface area contributed by atoms with E-state index in [1.165, 1.54) is 17.5 Å². The quantitative estimate of drug-likeness (QED) is 0.774. The highest BCUT2D eigenvalue weighted by molar-refractivity contribution is 5.96. The summed E-state index contributed by atoms with van der Waals surface area (Å²) in [5.74, 6) is 0.554. The number of amides is 1. The number of aromatic nitrogens is 1. The molecule has 1 N–H and O–H groups in total. The molecule has 5 nitrogen and oxygen atoms in total. The van der Waals surface area contributed by atoms with Crippen LogP contribution in [0, 0.1) is 0 Å². The van der Waals surface area contributed by atoms with Crippen molar-refractivity contribution in [3.05, 3.63) is 59.4 Å². The summed E-state index contributed by atoms with van der Waals surface area (Å²) in [7, 11) is 1.58. The molecule has 1 amide bonds. The molecule has 1 aliphatic carbocycles. The maximum absolute atomic E-state index is 13.0. The van der Waals surface area contributed by atoms with Crippen molar-refractivity contribution in [2.45, 2.75) is 38.6 Å². The minimum Gasteiger partial charge on any atom is -0.496 e. The number of hydrogen-bond acceptors (Lipinski definition) is 4. The molecule has 0 fully saturated rings. The average Bonchev–Trinajstić information content (AvgIpc) is 2.72. The van der Waals surface area contributed by atoms with Crippen LogP contribution in [-0.2, 0) is 6.42 Å². The Morgan fingerprint density at radius 1 is 1.30 bits per heavy atom. The predicted molar refractivity (Wildman–Crippen MR) is 107 cm³/mol. The van der Waals surface area contributed by atoms with Gasteiger partial charge in [0.1, 0.15) is 5.75 Å². The lowest BCUT2D eigenvalue weighted by Gasteiger charge is -2.28. The maximum atomic E-state index is 13.0. The van der Waals surface area contributed by atoms with Crippen LogP contribution >= 0.6 is 0 Å². The number of nitrogens with zero attached hydrogens (tertiary/aromatic N) is 2. The van der Waals surface area contributed by atoms with Crippen LogP contribution in [-0.4, -0.2) is 42.5 Å². The van der Waals surface area contributed by atoms with Crippen molar-refractivity contribution in [1.82, 2.24) is 15.2 Å². The first-order valence-electron chi connectivity index (χ1n) is 9.83. The zero-order chi connectivity index (χ0) is 19.1. The van der Waals surface area contributed by atoms with Gasteiger partial charge in [0.25, 0.3) is 5.91 Å². The molecule has 5 heteroatoms. The monoisotopic (exact) mass is 367 g/mol. The van der Waals surface area contributed by atoms with Crippen molar-refractivity contribution in [1.29, 1.82) is 0 Å². The predicted octanol–water partition coefficient (Wildman–Crippen LogP) is 3.61. The number of pyridine rings is 1. The molecule has 0 bridgehead atoms. The number of ether oxygens (including phenoxy) is 1. The van der Waals surface area contributed by atoms with Gasteiger partial charge in [-0.1, -0.05) is 31.2 Å². The average molecular weight is 367 g/mol. The van der Waals surface area contributed by atoms with Crippen molar-refractivity contribution >= 4 is 5.91 Å². The van der Waals surface area contributed by atoms with Crippen molar-refractivity contribution < 1.29 is 9.53 Å². The normalized spacial score (nSPS) is 15.9. The molecule has 0 saturated carbocycles. The molecule has 0 spiro atoms. The van der Waals surface area contributed by atoms with Gasteiger partial charge in [0.2, 0.25) is 0 Å². The third kappa shape index (κ3) is 4.66. The topological polar surface area (TPSA) is 54.5 Å². The van der Waals surface area contributed by atoms with Gasteiger partial charge < -0.3 is 15.0 Å². The summed E-state index contributed by atoms with van der Waals surface area (Å²) in [6, 6.07) is 10.8. The lowest BCUT2D eigenvalue weighted by atomic mass is 9.88. The van der Waals surface area contributed by atoms with Gasteiger partial charge in [-0.05, 0) is 42.9 Å². The van der Waals surface area contributed by atoms with Crippen molar-refractivity contribution in [2.75, 3.05) is 26.7 Å². The fraction of sp³-hybridized carbons (Fsp3) is 0.455. The number of benzene rings is 1. The molecule has 1 heterocycles. The minimum atomic E-state index is -0.0207. The summed E-state index contributed by atoms with van der Waals surface area (Å²) in [6.07, 6.45) is 7.67. The van der Waals surface area contributed by atoms with Crippen LogP contribution in [0.25, 0.3) is 0 Å². The highest BCUT2D eigenvalue weighted by Crippen LogP contribution is 2.29. The Bertz CT molecular complexity index is 763. The Balaban J connectivity index is 1.63. The third-order valence-corrected chi connectivity index (χ3v) is 5.15. The number of rotatable bonds is 8. The SMILES string of the molecule is CCCN(CCNC1CCCc2ccccc21)C(=O)c1cnccc1OC. The summed E-state index contributed by atoms with van der Waals surface area (Å²) in [5, 5.41) is 3.66. The molecule has 2 aromatic rings. The van der Waals surface area contributed by atoms with Crippen LogP contribution in [0.1, 0.15) is 53.7 Å². The molecule has 1 atom stereocenters. The second-order valence-corrected chi connectivity index (χ2v) is 6.97. The van der Waals surface area contributed by atoms with E-state index in [2.05, 4.69) is 41.5 Å². The molecule has 3 rings (SSSR count). The Kier molecular flexibility index (Phi) is 6.82. The highest BCUT2D eigenvalue weighted by Gasteiger charge is 2.21. The van der Waals surface area contributed by atoms with E-state index in [-0.39, 0.29) is 5.91 Å². The van der Waals surface area contributed by atoms with E-state index in [0.29, 0.717) is 23.9 Å². The van der Waals surface area contributed by atoms with E-state index in [9.17, 15) is 4.79 Å². The number of nitrogens with one attached hydrogen (secondary N) is 1. The Morgan fingerprint density at radius 3 is 2.96 bits per heavy atom. The summed E-state index contributed by atoms with van der Waals surface area (Å²) < 4.78 is 5.33. The maximum Gasteiger partial charge on any atom is 0.259 e. The summed E-state index contributed by atoms with van der Waals surface area (Å²) >= 11 is 0. The molecular formula is C22H29N3O2. The van der Waals surface area contributed by atoms with Crippen LogP contribution in [0.15, 0.2) is 42.7 Å². The fourth-order valence-electron chi connectivity index (χ4n) is 3.82. The Hall–Kier alpha value is -2.40. The molecule has 144 valence electrons. The summed E-state index contributed by atoms with van der Waals surface area (Å²) in [4.78, 5) is 19.0. The van der Waals surface area contributed by atoms with Crippen molar-refractivity contribution in [3.63, 3.8) is 0 Å². The molecule has 1 aliphatic rings. The lowest BCUT2D eigenvalue weighted by Crippen LogP contribution is -2.39. The third-order valence-electron chi connectivity index (χ3n) is 5.15. The van der Waals surface area contributed by atoms with Crippen molar-refractivity contribution in [2.24, 2.45) is 0 Å². The second-order valence-electron chi connectivity index (χ2n) is 6.97. The van der Waals surface area contributed by atoms with Gasteiger partial charge in [0.15, 0.2) is 0 Å². The first-order valence-corrected chi connectivity index (χ1v) is 9.83. The van der Waals surface area contributed by atoms with Gasteiger partial charge in [-0.3, -0.25) is 9.78 Å². The standard InChI is InChI=1S/C22H29N3O2/c1-3-14-25(22(26)19-16-23-12-11-21(19)27-2)15-13-24-20-10-6-8-17-7-4-5-9-18(17)20/h4-5,7,9,11-12,16,20,24H,3,6,8,10,13-15H2,1-2H3. The molecule has 27 heavy (non-hydrogen) atoms.